The van der Waals surface area contributed by atoms with Gasteiger partial charge in [-0.3, -0.25) is 4.90 Å². The van der Waals surface area contributed by atoms with Crippen molar-refractivity contribution in [3.8, 4) is 0 Å². The standard InChI is InChI=1S/C15H24N2/c1-12(2)15-11-17(13(3)9-16-15)10-14-7-5-4-6-8-14/h4-8,12-13,15-16H,9-11H2,1-3H3/t13-,15+/m0/s1. The fraction of sp³-hybridized carbons (Fsp3) is 0.600. The van der Waals surface area contributed by atoms with Crippen molar-refractivity contribution in [3.05, 3.63) is 35.9 Å². The molecule has 1 aromatic rings. The molecule has 94 valence electrons. The third-order valence-corrected chi connectivity index (χ3v) is 3.76. The molecule has 1 aromatic carbocycles. The zero-order valence-corrected chi connectivity index (χ0v) is 11.2. The molecular weight excluding hydrogens is 208 g/mol. The predicted octanol–water partition coefficient (Wildman–Crippen LogP) is 2.50. The summed E-state index contributed by atoms with van der Waals surface area (Å²) in [7, 11) is 0. The first-order valence-corrected chi connectivity index (χ1v) is 6.68. The van der Waals surface area contributed by atoms with E-state index in [1.54, 1.807) is 0 Å². The third-order valence-electron chi connectivity index (χ3n) is 3.76. The van der Waals surface area contributed by atoms with E-state index in [4.69, 9.17) is 0 Å². The molecule has 2 rings (SSSR count). The Morgan fingerprint density at radius 3 is 2.65 bits per heavy atom. The molecule has 0 spiro atoms. The van der Waals surface area contributed by atoms with Crippen LogP contribution in [0.4, 0.5) is 0 Å². The van der Waals surface area contributed by atoms with Crippen molar-refractivity contribution in [3.63, 3.8) is 0 Å². The van der Waals surface area contributed by atoms with Gasteiger partial charge in [-0.15, -0.1) is 0 Å². The van der Waals surface area contributed by atoms with Crippen LogP contribution in [0.2, 0.25) is 0 Å². The van der Waals surface area contributed by atoms with Crippen LogP contribution in [0.25, 0.3) is 0 Å². The van der Waals surface area contributed by atoms with Crippen LogP contribution in [-0.4, -0.2) is 30.1 Å². The van der Waals surface area contributed by atoms with E-state index >= 15 is 0 Å². The number of hydrogen-bond donors (Lipinski definition) is 1. The summed E-state index contributed by atoms with van der Waals surface area (Å²) < 4.78 is 0. The van der Waals surface area contributed by atoms with Gasteiger partial charge in [-0.05, 0) is 18.4 Å². The number of benzene rings is 1. The monoisotopic (exact) mass is 232 g/mol. The molecule has 0 bridgehead atoms. The summed E-state index contributed by atoms with van der Waals surface area (Å²) in [6.45, 7) is 10.3. The van der Waals surface area contributed by atoms with Crippen LogP contribution in [0.5, 0.6) is 0 Å². The minimum Gasteiger partial charge on any atom is -0.311 e. The van der Waals surface area contributed by atoms with E-state index in [0.717, 1.165) is 19.6 Å². The zero-order chi connectivity index (χ0) is 12.3. The fourth-order valence-corrected chi connectivity index (χ4v) is 2.43. The van der Waals surface area contributed by atoms with Crippen molar-refractivity contribution in [2.24, 2.45) is 5.92 Å². The maximum atomic E-state index is 3.64. The first-order valence-electron chi connectivity index (χ1n) is 6.68. The van der Waals surface area contributed by atoms with Gasteiger partial charge in [-0.25, -0.2) is 0 Å². The highest BCUT2D eigenvalue weighted by Crippen LogP contribution is 2.15. The molecule has 1 aliphatic heterocycles. The molecule has 0 aromatic heterocycles. The topological polar surface area (TPSA) is 15.3 Å². The summed E-state index contributed by atoms with van der Waals surface area (Å²) >= 11 is 0. The van der Waals surface area contributed by atoms with Gasteiger partial charge in [0.1, 0.15) is 0 Å². The highest BCUT2D eigenvalue weighted by Gasteiger charge is 2.26. The molecule has 2 heteroatoms. The van der Waals surface area contributed by atoms with Crippen molar-refractivity contribution in [1.29, 1.82) is 0 Å². The van der Waals surface area contributed by atoms with Gasteiger partial charge in [0.15, 0.2) is 0 Å². The van der Waals surface area contributed by atoms with Crippen molar-refractivity contribution in [2.45, 2.75) is 39.4 Å². The minimum atomic E-state index is 0.630. The van der Waals surface area contributed by atoms with E-state index in [9.17, 15) is 0 Å². The average molecular weight is 232 g/mol. The Hall–Kier alpha value is -0.860. The second-order valence-corrected chi connectivity index (χ2v) is 5.52. The average Bonchev–Trinajstić information content (AvgIpc) is 2.33. The maximum Gasteiger partial charge on any atom is 0.0237 e. The molecule has 0 aliphatic carbocycles. The van der Waals surface area contributed by atoms with Crippen LogP contribution >= 0.6 is 0 Å². The molecule has 0 saturated carbocycles. The van der Waals surface area contributed by atoms with E-state index in [-0.39, 0.29) is 0 Å². The normalized spacial score (nSPS) is 26.4. The number of piperazine rings is 1. The van der Waals surface area contributed by atoms with Crippen molar-refractivity contribution in [1.82, 2.24) is 10.2 Å². The highest BCUT2D eigenvalue weighted by molar-refractivity contribution is 5.14. The van der Waals surface area contributed by atoms with Crippen LogP contribution in [0.1, 0.15) is 26.3 Å². The number of nitrogens with zero attached hydrogens (tertiary/aromatic N) is 1. The molecule has 2 atom stereocenters. The third kappa shape index (κ3) is 3.30. The Balaban J connectivity index is 1.99. The van der Waals surface area contributed by atoms with E-state index < -0.39 is 0 Å². The van der Waals surface area contributed by atoms with Crippen LogP contribution in [-0.2, 0) is 6.54 Å². The first-order chi connectivity index (χ1) is 8.16. The lowest BCUT2D eigenvalue weighted by Gasteiger charge is -2.40. The molecule has 1 N–H and O–H groups in total. The Morgan fingerprint density at radius 1 is 1.29 bits per heavy atom. The van der Waals surface area contributed by atoms with Gasteiger partial charge in [-0.1, -0.05) is 44.2 Å². The van der Waals surface area contributed by atoms with Gasteiger partial charge < -0.3 is 5.32 Å². The number of nitrogens with one attached hydrogen (secondary N) is 1. The van der Waals surface area contributed by atoms with Gasteiger partial charge in [0.25, 0.3) is 0 Å². The Morgan fingerprint density at radius 2 is 2.00 bits per heavy atom. The van der Waals surface area contributed by atoms with Gasteiger partial charge in [0.2, 0.25) is 0 Å². The lowest BCUT2D eigenvalue weighted by molar-refractivity contribution is 0.116. The van der Waals surface area contributed by atoms with Crippen molar-refractivity contribution in [2.75, 3.05) is 13.1 Å². The summed E-state index contributed by atoms with van der Waals surface area (Å²) in [5.41, 5.74) is 1.42. The SMILES string of the molecule is CC(C)[C@H]1CN(Cc2ccccc2)[C@@H](C)CN1. The molecule has 1 saturated heterocycles. The van der Waals surface area contributed by atoms with E-state index in [2.05, 4.69) is 61.3 Å². The molecule has 2 nitrogen and oxygen atoms in total. The zero-order valence-electron chi connectivity index (χ0n) is 11.2. The summed E-state index contributed by atoms with van der Waals surface area (Å²) in [6, 6.07) is 12.0. The van der Waals surface area contributed by atoms with Crippen LogP contribution < -0.4 is 5.32 Å². The Kier molecular flexibility index (Phi) is 4.19. The lowest BCUT2D eigenvalue weighted by Crippen LogP contribution is -2.56. The Labute approximate surface area is 105 Å². The van der Waals surface area contributed by atoms with E-state index in [1.165, 1.54) is 5.56 Å². The van der Waals surface area contributed by atoms with Gasteiger partial charge in [-0.2, -0.15) is 0 Å². The molecule has 0 radical (unpaired) electrons. The number of rotatable bonds is 3. The molecule has 1 aliphatic rings. The van der Waals surface area contributed by atoms with Crippen molar-refractivity contribution < 1.29 is 0 Å². The van der Waals surface area contributed by atoms with Crippen LogP contribution in [0.3, 0.4) is 0 Å². The lowest BCUT2D eigenvalue weighted by atomic mass is 9.99. The molecular formula is C15H24N2. The van der Waals surface area contributed by atoms with Gasteiger partial charge >= 0.3 is 0 Å². The summed E-state index contributed by atoms with van der Waals surface area (Å²) in [4.78, 5) is 2.59. The second kappa shape index (κ2) is 5.65. The second-order valence-electron chi connectivity index (χ2n) is 5.52. The maximum absolute atomic E-state index is 3.64. The largest absolute Gasteiger partial charge is 0.311 e. The minimum absolute atomic E-state index is 0.630. The molecule has 1 fully saturated rings. The summed E-state index contributed by atoms with van der Waals surface area (Å²) in [6.07, 6.45) is 0. The molecule has 0 unspecified atom stereocenters. The van der Waals surface area contributed by atoms with Gasteiger partial charge in [0.05, 0.1) is 0 Å². The van der Waals surface area contributed by atoms with Crippen molar-refractivity contribution >= 4 is 0 Å². The first kappa shape index (κ1) is 12.6. The molecule has 1 heterocycles. The quantitative estimate of drug-likeness (QED) is 0.861. The number of hydrogen-bond acceptors (Lipinski definition) is 2. The smallest absolute Gasteiger partial charge is 0.0237 e. The molecule has 0 amide bonds. The fourth-order valence-electron chi connectivity index (χ4n) is 2.43. The molecule has 17 heavy (non-hydrogen) atoms. The highest BCUT2D eigenvalue weighted by atomic mass is 15.2. The summed E-state index contributed by atoms with van der Waals surface area (Å²) in [5, 5.41) is 3.64. The summed E-state index contributed by atoms with van der Waals surface area (Å²) in [5.74, 6) is 0.709. The van der Waals surface area contributed by atoms with E-state index in [0.29, 0.717) is 18.0 Å². The van der Waals surface area contributed by atoms with Gasteiger partial charge in [0, 0.05) is 31.7 Å². The van der Waals surface area contributed by atoms with Crippen LogP contribution in [0.15, 0.2) is 30.3 Å². The van der Waals surface area contributed by atoms with E-state index in [1.807, 2.05) is 0 Å². The Bertz CT molecular complexity index is 334. The predicted molar refractivity (Wildman–Crippen MR) is 72.9 cm³/mol. The van der Waals surface area contributed by atoms with Crippen LogP contribution in [0, 0.1) is 5.92 Å².